The molecule has 0 unspecified atom stereocenters. The second-order valence-electron chi connectivity index (χ2n) is 0.777. The van der Waals surface area contributed by atoms with Crippen molar-refractivity contribution in [1.29, 1.82) is 5.41 Å². The molecule has 0 bridgehead atoms. The zero-order valence-electron chi connectivity index (χ0n) is 3.52. The molecule has 0 rings (SSSR count). The van der Waals surface area contributed by atoms with E-state index in [4.69, 9.17) is 5.41 Å². The highest BCUT2D eigenvalue weighted by molar-refractivity contribution is 5.85. The van der Waals surface area contributed by atoms with Crippen LogP contribution in [0.3, 0.4) is 0 Å². The summed E-state index contributed by atoms with van der Waals surface area (Å²) in [5.41, 5.74) is 0. The summed E-state index contributed by atoms with van der Waals surface area (Å²) in [5.74, 6) is -0.495. The van der Waals surface area contributed by atoms with Crippen molar-refractivity contribution >= 4 is 18.3 Å². The maximum absolute atomic E-state index is 9.48. The minimum absolute atomic E-state index is 0. The SMILES string of the molecule is CCC(=N)[O-].Cl. The standard InChI is InChI=1S/C3H7NO.ClH/c1-2-3(4)5;/h2H2,1H3,(H2,4,5);1H/p-1. The van der Waals surface area contributed by atoms with Crippen LogP contribution in [0.15, 0.2) is 0 Å². The molecule has 0 heterocycles. The topological polar surface area (TPSA) is 46.9 Å². The second-order valence-corrected chi connectivity index (χ2v) is 0.777. The normalized spacial score (nSPS) is 6.17. The molecule has 38 valence electrons. The van der Waals surface area contributed by atoms with Crippen LogP contribution >= 0.6 is 12.4 Å². The Labute approximate surface area is 43.1 Å². The van der Waals surface area contributed by atoms with Gasteiger partial charge in [0.2, 0.25) is 0 Å². The van der Waals surface area contributed by atoms with E-state index < -0.39 is 5.90 Å². The molecule has 0 fully saturated rings. The lowest BCUT2D eigenvalue weighted by atomic mass is 10.5. The zero-order chi connectivity index (χ0) is 4.28. The van der Waals surface area contributed by atoms with Gasteiger partial charge in [0.25, 0.3) is 0 Å². The fourth-order valence-electron chi connectivity index (χ4n) is 0. The smallest absolute Gasteiger partial charge is 0.0283 e. The minimum atomic E-state index is -0.495. The van der Waals surface area contributed by atoms with Gasteiger partial charge < -0.3 is 10.5 Å². The maximum atomic E-state index is 9.48. The Bertz CT molecular complexity index is 46.1. The summed E-state index contributed by atoms with van der Waals surface area (Å²) in [4.78, 5) is 0. The van der Waals surface area contributed by atoms with Gasteiger partial charge in [-0.05, 0) is 12.3 Å². The van der Waals surface area contributed by atoms with E-state index >= 15 is 0 Å². The van der Waals surface area contributed by atoms with Crippen molar-refractivity contribution in [3.05, 3.63) is 0 Å². The Morgan fingerprint density at radius 3 is 2.00 bits per heavy atom. The molecule has 0 atom stereocenters. The van der Waals surface area contributed by atoms with Crippen molar-refractivity contribution in [3.63, 3.8) is 0 Å². The third-order valence-electron chi connectivity index (χ3n) is 0.321. The van der Waals surface area contributed by atoms with E-state index in [1.54, 1.807) is 6.92 Å². The van der Waals surface area contributed by atoms with Crippen molar-refractivity contribution in [2.45, 2.75) is 13.3 Å². The highest BCUT2D eigenvalue weighted by Crippen LogP contribution is 1.63. The molecular weight excluding hydrogens is 101 g/mol. The molecule has 0 aliphatic heterocycles. The largest absolute Gasteiger partial charge is 0.862 e. The van der Waals surface area contributed by atoms with Gasteiger partial charge in [0.15, 0.2) is 0 Å². The summed E-state index contributed by atoms with van der Waals surface area (Å²) in [6.07, 6.45) is 0.333. The van der Waals surface area contributed by atoms with Crippen LogP contribution in [0.5, 0.6) is 0 Å². The highest BCUT2D eigenvalue weighted by atomic mass is 35.5. The molecule has 2 nitrogen and oxygen atoms in total. The molecule has 0 aromatic carbocycles. The second kappa shape index (κ2) is 4.76. The van der Waals surface area contributed by atoms with Gasteiger partial charge in [-0.1, -0.05) is 6.92 Å². The van der Waals surface area contributed by atoms with Gasteiger partial charge in [-0.25, -0.2) is 0 Å². The molecule has 0 amide bonds. The Kier molecular flexibility index (Phi) is 7.32. The van der Waals surface area contributed by atoms with Crippen molar-refractivity contribution in [3.8, 4) is 0 Å². The van der Waals surface area contributed by atoms with Crippen LogP contribution in [0, 0.1) is 5.41 Å². The molecular formula is C3H7ClNO-. The maximum Gasteiger partial charge on any atom is -0.0283 e. The molecule has 6 heavy (non-hydrogen) atoms. The summed E-state index contributed by atoms with van der Waals surface area (Å²) >= 11 is 0. The van der Waals surface area contributed by atoms with Gasteiger partial charge in [0.1, 0.15) is 0 Å². The van der Waals surface area contributed by atoms with E-state index in [0.717, 1.165) is 0 Å². The van der Waals surface area contributed by atoms with Crippen LogP contribution in [0.2, 0.25) is 0 Å². The van der Waals surface area contributed by atoms with Crippen molar-refractivity contribution in [2.75, 3.05) is 0 Å². The van der Waals surface area contributed by atoms with Crippen LogP contribution in [0.25, 0.3) is 0 Å². The van der Waals surface area contributed by atoms with Crippen LogP contribution in [0.1, 0.15) is 13.3 Å². The van der Waals surface area contributed by atoms with E-state index in [1.807, 2.05) is 0 Å². The van der Waals surface area contributed by atoms with E-state index in [2.05, 4.69) is 0 Å². The summed E-state index contributed by atoms with van der Waals surface area (Å²) in [6.45, 7) is 1.66. The first-order valence-corrected chi connectivity index (χ1v) is 1.51. The molecule has 0 saturated heterocycles. The lowest BCUT2D eigenvalue weighted by Gasteiger charge is -1.96. The molecule has 0 spiro atoms. The van der Waals surface area contributed by atoms with Crippen molar-refractivity contribution in [1.82, 2.24) is 0 Å². The fraction of sp³-hybridized carbons (Fsp3) is 0.667. The summed E-state index contributed by atoms with van der Waals surface area (Å²) in [7, 11) is 0. The van der Waals surface area contributed by atoms with Crippen LogP contribution in [0.4, 0.5) is 0 Å². The first-order valence-electron chi connectivity index (χ1n) is 1.51. The Morgan fingerprint density at radius 2 is 2.00 bits per heavy atom. The number of hydrogen-bond donors (Lipinski definition) is 1. The Balaban J connectivity index is 0. The van der Waals surface area contributed by atoms with Gasteiger partial charge >= 0.3 is 0 Å². The molecule has 0 aliphatic carbocycles. The van der Waals surface area contributed by atoms with Gasteiger partial charge in [0, 0.05) is 0 Å². The van der Waals surface area contributed by atoms with Crippen molar-refractivity contribution in [2.24, 2.45) is 0 Å². The summed E-state index contributed by atoms with van der Waals surface area (Å²) in [6, 6.07) is 0. The summed E-state index contributed by atoms with van der Waals surface area (Å²) in [5, 5.41) is 15.7. The first-order chi connectivity index (χ1) is 2.27. The van der Waals surface area contributed by atoms with E-state index in [-0.39, 0.29) is 12.4 Å². The molecule has 0 aromatic rings. The van der Waals surface area contributed by atoms with Gasteiger partial charge in [-0.3, -0.25) is 0 Å². The highest BCUT2D eigenvalue weighted by Gasteiger charge is 1.60. The van der Waals surface area contributed by atoms with Crippen LogP contribution in [-0.2, 0) is 0 Å². The van der Waals surface area contributed by atoms with Gasteiger partial charge in [0.05, 0.1) is 0 Å². The molecule has 3 heteroatoms. The Hall–Kier alpha value is -0.240. The lowest BCUT2D eigenvalue weighted by Crippen LogP contribution is -2.12. The molecule has 1 N–H and O–H groups in total. The quantitative estimate of drug-likeness (QED) is 0.377. The predicted molar refractivity (Wildman–Crippen MR) is 25.3 cm³/mol. The monoisotopic (exact) mass is 108 g/mol. The van der Waals surface area contributed by atoms with Crippen molar-refractivity contribution < 1.29 is 5.11 Å². The minimum Gasteiger partial charge on any atom is -0.862 e. The fourth-order valence-corrected chi connectivity index (χ4v) is 0. The number of hydrogen-bond acceptors (Lipinski definition) is 2. The van der Waals surface area contributed by atoms with Crippen LogP contribution in [-0.4, -0.2) is 5.90 Å². The average molecular weight is 109 g/mol. The Morgan fingerprint density at radius 1 is 1.83 bits per heavy atom. The summed E-state index contributed by atoms with van der Waals surface area (Å²) < 4.78 is 0. The third kappa shape index (κ3) is 9.25. The molecule has 0 aromatic heterocycles. The molecule has 0 radical (unpaired) electrons. The predicted octanol–water partition coefficient (Wildman–Crippen LogP) is 0.156. The van der Waals surface area contributed by atoms with Gasteiger partial charge in [-0.15, -0.1) is 12.4 Å². The van der Waals surface area contributed by atoms with Gasteiger partial charge in [-0.2, -0.15) is 0 Å². The number of halogens is 1. The van der Waals surface area contributed by atoms with E-state index in [0.29, 0.717) is 6.42 Å². The van der Waals surface area contributed by atoms with E-state index in [1.165, 1.54) is 0 Å². The average Bonchev–Trinajstić information content (AvgIpc) is 1.38. The number of nitrogens with one attached hydrogen (secondary N) is 1. The number of rotatable bonds is 1. The third-order valence-corrected chi connectivity index (χ3v) is 0.321. The van der Waals surface area contributed by atoms with Crippen LogP contribution < -0.4 is 5.11 Å². The lowest BCUT2D eigenvalue weighted by molar-refractivity contribution is -0.220. The molecule has 0 aliphatic rings. The van der Waals surface area contributed by atoms with E-state index in [9.17, 15) is 5.11 Å². The zero-order valence-corrected chi connectivity index (χ0v) is 4.34. The first kappa shape index (κ1) is 9.23. The molecule has 0 saturated carbocycles.